The predicted octanol–water partition coefficient (Wildman–Crippen LogP) is 1.58. The monoisotopic (exact) mass is 378 g/mol. The lowest BCUT2D eigenvalue weighted by molar-refractivity contribution is -0.125. The lowest BCUT2D eigenvalue weighted by Crippen LogP contribution is -2.46. The fraction of sp³-hybridized carbons (Fsp3) is 0.579. The molecule has 1 atom stereocenters. The topological polar surface area (TPSA) is 87.5 Å². The Kier molecular flexibility index (Phi) is 7.93. The number of thioether (sulfide) groups is 1. The number of benzene rings is 1. The Balaban J connectivity index is 1.91. The van der Waals surface area contributed by atoms with Gasteiger partial charge in [0.05, 0.1) is 12.6 Å². The highest BCUT2D eigenvalue weighted by Crippen LogP contribution is 2.21. The Morgan fingerprint density at radius 2 is 1.96 bits per heavy atom. The van der Waals surface area contributed by atoms with Crippen LogP contribution >= 0.6 is 11.8 Å². The molecule has 1 heterocycles. The SMILES string of the molecule is Cc1c(CN2CCSCC2)cccc1NC(=O)CNC(=O)[C@@H](N)C(C)C. The van der Waals surface area contributed by atoms with Gasteiger partial charge < -0.3 is 16.4 Å². The molecule has 0 aliphatic carbocycles. The summed E-state index contributed by atoms with van der Waals surface area (Å²) in [4.78, 5) is 26.5. The van der Waals surface area contributed by atoms with Gasteiger partial charge in [0.15, 0.2) is 0 Å². The van der Waals surface area contributed by atoms with Crippen LogP contribution < -0.4 is 16.4 Å². The molecule has 144 valence electrons. The molecule has 2 amide bonds. The molecule has 4 N–H and O–H groups in total. The number of carbonyl (C=O) groups excluding carboxylic acids is 2. The van der Waals surface area contributed by atoms with Crippen LogP contribution in [0.3, 0.4) is 0 Å². The van der Waals surface area contributed by atoms with Gasteiger partial charge in [-0.1, -0.05) is 26.0 Å². The van der Waals surface area contributed by atoms with Crippen LogP contribution in [0, 0.1) is 12.8 Å². The highest BCUT2D eigenvalue weighted by molar-refractivity contribution is 7.99. The zero-order valence-electron chi connectivity index (χ0n) is 15.9. The lowest BCUT2D eigenvalue weighted by atomic mass is 10.1. The number of amides is 2. The summed E-state index contributed by atoms with van der Waals surface area (Å²) < 4.78 is 0. The minimum Gasteiger partial charge on any atom is -0.346 e. The molecule has 1 aliphatic heterocycles. The average Bonchev–Trinajstić information content (AvgIpc) is 2.63. The second kappa shape index (κ2) is 9.94. The lowest BCUT2D eigenvalue weighted by Gasteiger charge is -2.27. The summed E-state index contributed by atoms with van der Waals surface area (Å²) >= 11 is 1.99. The summed E-state index contributed by atoms with van der Waals surface area (Å²) in [5.74, 6) is 1.83. The van der Waals surface area contributed by atoms with E-state index in [1.54, 1.807) is 0 Å². The molecule has 0 spiro atoms. The van der Waals surface area contributed by atoms with Gasteiger partial charge in [0.2, 0.25) is 11.8 Å². The van der Waals surface area contributed by atoms with E-state index in [-0.39, 0.29) is 24.3 Å². The van der Waals surface area contributed by atoms with Crippen molar-refractivity contribution in [3.8, 4) is 0 Å². The summed E-state index contributed by atoms with van der Waals surface area (Å²) in [6, 6.07) is 5.36. The van der Waals surface area contributed by atoms with Crippen molar-refractivity contribution in [2.75, 3.05) is 36.5 Å². The Labute approximate surface area is 160 Å². The minimum absolute atomic E-state index is 0.0326. The second-order valence-corrected chi connectivity index (χ2v) is 8.24. The first-order valence-corrected chi connectivity index (χ1v) is 10.3. The zero-order valence-corrected chi connectivity index (χ0v) is 16.7. The molecule has 1 aliphatic rings. The van der Waals surface area contributed by atoms with Crippen LogP contribution in [0.25, 0.3) is 0 Å². The molecule has 0 radical (unpaired) electrons. The zero-order chi connectivity index (χ0) is 19.1. The fourth-order valence-electron chi connectivity index (χ4n) is 2.77. The number of rotatable bonds is 7. The van der Waals surface area contributed by atoms with Gasteiger partial charge in [-0.05, 0) is 30.0 Å². The number of anilines is 1. The van der Waals surface area contributed by atoms with Gasteiger partial charge in [-0.3, -0.25) is 14.5 Å². The molecule has 26 heavy (non-hydrogen) atoms. The third-order valence-electron chi connectivity index (χ3n) is 4.66. The van der Waals surface area contributed by atoms with E-state index >= 15 is 0 Å². The van der Waals surface area contributed by atoms with E-state index in [1.165, 1.54) is 17.1 Å². The molecule has 1 aromatic carbocycles. The first-order chi connectivity index (χ1) is 12.4. The molecular formula is C19H30N4O2S. The van der Waals surface area contributed by atoms with Crippen LogP contribution in [0.15, 0.2) is 18.2 Å². The highest BCUT2D eigenvalue weighted by Gasteiger charge is 2.18. The minimum atomic E-state index is -0.601. The summed E-state index contributed by atoms with van der Waals surface area (Å²) in [5, 5.41) is 5.49. The van der Waals surface area contributed by atoms with Crippen molar-refractivity contribution in [2.24, 2.45) is 11.7 Å². The molecule has 2 rings (SSSR count). The van der Waals surface area contributed by atoms with Gasteiger partial charge in [-0.2, -0.15) is 11.8 Å². The number of carbonyl (C=O) groups is 2. The third-order valence-corrected chi connectivity index (χ3v) is 5.60. The van der Waals surface area contributed by atoms with Crippen LogP contribution in [-0.4, -0.2) is 53.9 Å². The summed E-state index contributed by atoms with van der Waals surface area (Å²) in [7, 11) is 0. The largest absolute Gasteiger partial charge is 0.346 e. The van der Waals surface area contributed by atoms with Crippen molar-refractivity contribution in [1.29, 1.82) is 0 Å². The van der Waals surface area contributed by atoms with Crippen molar-refractivity contribution in [3.63, 3.8) is 0 Å². The van der Waals surface area contributed by atoms with Crippen molar-refractivity contribution in [3.05, 3.63) is 29.3 Å². The van der Waals surface area contributed by atoms with E-state index < -0.39 is 6.04 Å². The third kappa shape index (κ3) is 6.00. The first-order valence-electron chi connectivity index (χ1n) is 9.10. The molecule has 0 saturated carbocycles. The Morgan fingerprint density at radius 3 is 2.62 bits per heavy atom. The van der Waals surface area contributed by atoms with E-state index in [1.807, 2.05) is 44.7 Å². The molecular weight excluding hydrogens is 348 g/mol. The van der Waals surface area contributed by atoms with Crippen molar-refractivity contribution in [1.82, 2.24) is 10.2 Å². The smallest absolute Gasteiger partial charge is 0.243 e. The maximum absolute atomic E-state index is 12.2. The van der Waals surface area contributed by atoms with E-state index in [0.29, 0.717) is 0 Å². The summed E-state index contributed by atoms with van der Waals surface area (Å²) in [6.07, 6.45) is 0. The van der Waals surface area contributed by atoms with Crippen molar-refractivity contribution < 1.29 is 9.59 Å². The van der Waals surface area contributed by atoms with Crippen molar-refractivity contribution >= 4 is 29.3 Å². The molecule has 7 heteroatoms. The highest BCUT2D eigenvalue weighted by atomic mass is 32.2. The normalized spacial score (nSPS) is 16.3. The second-order valence-electron chi connectivity index (χ2n) is 7.01. The number of hydrogen-bond acceptors (Lipinski definition) is 5. The number of nitrogens with one attached hydrogen (secondary N) is 2. The van der Waals surface area contributed by atoms with E-state index in [0.717, 1.165) is 30.9 Å². The van der Waals surface area contributed by atoms with Gasteiger partial charge in [-0.25, -0.2) is 0 Å². The van der Waals surface area contributed by atoms with Crippen LogP contribution in [0.4, 0.5) is 5.69 Å². The standard InChI is InChI=1S/C19H30N4O2S/c1-13(2)18(20)19(25)21-11-17(24)22-16-6-4-5-15(14(16)3)12-23-7-9-26-10-8-23/h4-6,13,18H,7-12,20H2,1-3H3,(H,21,25)(H,22,24)/t18-/m0/s1. The fourth-order valence-corrected chi connectivity index (χ4v) is 3.75. The van der Waals surface area contributed by atoms with Crippen molar-refractivity contribution in [2.45, 2.75) is 33.4 Å². The van der Waals surface area contributed by atoms with Gasteiger partial charge in [0.1, 0.15) is 0 Å². The maximum Gasteiger partial charge on any atom is 0.243 e. The quantitative estimate of drug-likeness (QED) is 0.671. The van der Waals surface area contributed by atoms with Crippen LogP contribution in [-0.2, 0) is 16.1 Å². The number of hydrogen-bond donors (Lipinski definition) is 3. The van der Waals surface area contributed by atoms with Crippen LogP contribution in [0.1, 0.15) is 25.0 Å². The molecule has 0 unspecified atom stereocenters. The van der Waals surface area contributed by atoms with Gasteiger partial charge >= 0.3 is 0 Å². The maximum atomic E-state index is 12.2. The predicted molar refractivity (Wildman–Crippen MR) is 108 cm³/mol. The number of nitrogens with zero attached hydrogens (tertiary/aromatic N) is 1. The Hall–Kier alpha value is -1.57. The van der Waals surface area contributed by atoms with Gasteiger partial charge in [0, 0.05) is 36.8 Å². The summed E-state index contributed by atoms with van der Waals surface area (Å²) in [6.45, 7) is 8.80. The Morgan fingerprint density at radius 1 is 1.27 bits per heavy atom. The molecule has 6 nitrogen and oxygen atoms in total. The average molecular weight is 379 g/mol. The van der Waals surface area contributed by atoms with E-state index in [9.17, 15) is 9.59 Å². The first kappa shape index (κ1) is 20.7. The molecule has 1 saturated heterocycles. The number of nitrogens with two attached hydrogens (primary N) is 1. The molecule has 1 aromatic rings. The van der Waals surface area contributed by atoms with Gasteiger partial charge in [0.25, 0.3) is 0 Å². The van der Waals surface area contributed by atoms with E-state index in [2.05, 4.69) is 21.6 Å². The summed E-state index contributed by atoms with van der Waals surface area (Å²) in [5.41, 5.74) is 8.87. The van der Waals surface area contributed by atoms with E-state index in [4.69, 9.17) is 5.73 Å². The van der Waals surface area contributed by atoms with Crippen LogP contribution in [0.5, 0.6) is 0 Å². The van der Waals surface area contributed by atoms with Gasteiger partial charge in [-0.15, -0.1) is 0 Å². The van der Waals surface area contributed by atoms with Crippen LogP contribution in [0.2, 0.25) is 0 Å². The molecule has 0 bridgehead atoms. The molecule has 0 aromatic heterocycles. The molecule has 1 fully saturated rings. The Bertz CT molecular complexity index is 630.